The molecule has 0 N–H and O–H groups in total. The molecule has 0 radical (unpaired) electrons. The number of carbonyl (C=O) groups is 1. The first kappa shape index (κ1) is 12.8. The Hall–Kier alpha value is -1.62. The van der Waals surface area contributed by atoms with Crippen LogP contribution in [-0.2, 0) is 11.8 Å². The largest absolute Gasteiger partial charge is 0.372 e. The normalized spacial score (nSPS) is 24.1. The van der Waals surface area contributed by atoms with Crippen molar-refractivity contribution in [2.24, 2.45) is 7.05 Å². The van der Waals surface area contributed by atoms with E-state index >= 15 is 0 Å². The zero-order valence-electron chi connectivity index (χ0n) is 10.9. The van der Waals surface area contributed by atoms with Crippen molar-refractivity contribution in [1.29, 1.82) is 0 Å². The highest BCUT2D eigenvalue weighted by atomic mass is 16.5. The van der Waals surface area contributed by atoms with Gasteiger partial charge in [0.1, 0.15) is 0 Å². The Labute approximate surface area is 106 Å². The van der Waals surface area contributed by atoms with Crippen LogP contribution in [0.5, 0.6) is 0 Å². The molecule has 2 heterocycles. The number of rotatable bonds is 1. The predicted molar refractivity (Wildman–Crippen MR) is 67.6 cm³/mol. The lowest BCUT2D eigenvalue weighted by molar-refractivity contribution is -0.0586. The Kier molecular flexibility index (Phi) is 3.52. The predicted octanol–water partition coefficient (Wildman–Crippen LogP) is 0.635. The maximum absolute atomic E-state index is 12.3. The van der Waals surface area contributed by atoms with Gasteiger partial charge in [0.25, 0.3) is 11.5 Å². The third-order valence-electron chi connectivity index (χ3n) is 3.06. The number of nitrogens with zero attached hydrogens (tertiary/aromatic N) is 2. The SMILES string of the molecule is C[C@@H]1CN(C(=O)c2ccn(C)c(=O)c2)C[C@H](C)O1. The Balaban J connectivity index is 2.20. The topological polar surface area (TPSA) is 51.5 Å². The van der Waals surface area contributed by atoms with E-state index in [-0.39, 0.29) is 23.7 Å². The van der Waals surface area contributed by atoms with Crippen LogP contribution in [0.15, 0.2) is 23.1 Å². The van der Waals surface area contributed by atoms with Gasteiger partial charge in [0.05, 0.1) is 12.2 Å². The lowest BCUT2D eigenvalue weighted by atomic mass is 10.2. The number of aryl methyl sites for hydroxylation is 1. The van der Waals surface area contributed by atoms with E-state index in [2.05, 4.69) is 0 Å². The van der Waals surface area contributed by atoms with Crippen LogP contribution in [0.25, 0.3) is 0 Å². The van der Waals surface area contributed by atoms with E-state index in [9.17, 15) is 9.59 Å². The lowest BCUT2D eigenvalue weighted by Gasteiger charge is -2.35. The smallest absolute Gasteiger partial charge is 0.254 e. The van der Waals surface area contributed by atoms with E-state index < -0.39 is 0 Å². The van der Waals surface area contributed by atoms with Crippen molar-refractivity contribution in [2.45, 2.75) is 26.1 Å². The molecule has 0 saturated carbocycles. The molecule has 1 aromatic rings. The van der Waals surface area contributed by atoms with Crippen molar-refractivity contribution < 1.29 is 9.53 Å². The first-order chi connectivity index (χ1) is 8.47. The highest BCUT2D eigenvalue weighted by molar-refractivity contribution is 5.94. The van der Waals surface area contributed by atoms with Gasteiger partial charge in [0, 0.05) is 38.0 Å². The van der Waals surface area contributed by atoms with Gasteiger partial charge in [-0.05, 0) is 19.9 Å². The number of pyridine rings is 1. The summed E-state index contributed by atoms with van der Waals surface area (Å²) in [4.78, 5) is 25.5. The van der Waals surface area contributed by atoms with E-state index in [1.807, 2.05) is 13.8 Å². The summed E-state index contributed by atoms with van der Waals surface area (Å²) in [5.74, 6) is -0.102. The van der Waals surface area contributed by atoms with E-state index in [0.29, 0.717) is 18.7 Å². The number of hydrogen-bond donors (Lipinski definition) is 0. The van der Waals surface area contributed by atoms with Crippen molar-refractivity contribution in [3.05, 3.63) is 34.2 Å². The monoisotopic (exact) mass is 250 g/mol. The molecular weight excluding hydrogens is 232 g/mol. The van der Waals surface area contributed by atoms with Crippen LogP contribution in [0.2, 0.25) is 0 Å². The molecule has 5 nitrogen and oxygen atoms in total. The minimum Gasteiger partial charge on any atom is -0.372 e. The minimum absolute atomic E-state index is 0.0317. The van der Waals surface area contributed by atoms with Gasteiger partial charge in [-0.3, -0.25) is 9.59 Å². The second-order valence-corrected chi connectivity index (χ2v) is 4.83. The van der Waals surface area contributed by atoms with Gasteiger partial charge in [-0.1, -0.05) is 0 Å². The summed E-state index contributed by atoms with van der Waals surface area (Å²) in [5.41, 5.74) is 0.273. The quantitative estimate of drug-likeness (QED) is 0.734. The standard InChI is InChI=1S/C13H18N2O3/c1-9-7-15(8-10(2)18-9)13(17)11-4-5-14(3)12(16)6-11/h4-6,9-10H,7-8H2,1-3H3/t9-,10+. The van der Waals surface area contributed by atoms with Gasteiger partial charge < -0.3 is 14.2 Å². The van der Waals surface area contributed by atoms with Gasteiger partial charge in [0.15, 0.2) is 0 Å². The van der Waals surface area contributed by atoms with Crippen LogP contribution >= 0.6 is 0 Å². The van der Waals surface area contributed by atoms with Crippen LogP contribution in [-0.4, -0.2) is 40.7 Å². The van der Waals surface area contributed by atoms with Crippen LogP contribution < -0.4 is 5.56 Å². The molecule has 98 valence electrons. The Morgan fingerprint density at radius 2 is 1.94 bits per heavy atom. The van der Waals surface area contributed by atoms with Crippen LogP contribution in [0.3, 0.4) is 0 Å². The fourth-order valence-corrected chi connectivity index (χ4v) is 2.21. The number of hydrogen-bond acceptors (Lipinski definition) is 3. The summed E-state index contributed by atoms with van der Waals surface area (Å²) in [5, 5.41) is 0. The number of aromatic nitrogens is 1. The van der Waals surface area contributed by atoms with Gasteiger partial charge in [-0.25, -0.2) is 0 Å². The molecule has 1 aromatic heterocycles. The summed E-state index contributed by atoms with van der Waals surface area (Å²) >= 11 is 0. The molecule has 1 aliphatic rings. The highest BCUT2D eigenvalue weighted by Crippen LogP contribution is 2.13. The second-order valence-electron chi connectivity index (χ2n) is 4.83. The van der Waals surface area contributed by atoms with E-state index in [1.54, 1.807) is 24.2 Å². The first-order valence-electron chi connectivity index (χ1n) is 6.09. The summed E-state index contributed by atoms with van der Waals surface area (Å²) in [7, 11) is 1.66. The average molecular weight is 250 g/mol. The van der Waals surface area contributed by atoms with Crippen molar-refractivity contribution in [3.8, 4) is 0 Å². The molecule has 2 rings (SSSR count). The summed E-state index contributed by atoms with van der Waals surface area (Å²) in [6.07, 6.45) is 1.68. The lowest BCUT2D eigenvalue weighted by Crippen LogP contribution is -2.48. The zero-order chi connectivity index (χ0) is 13.3. The van der Waals surface area contributed by atoms with Crippen LogP contribution in [0.1, 0.15) is 24.2 Å². The fraction of sp³-hybridized carbons (Fsp3) is 0.538. The maximum atomic E-state index is 12.3. The third kappa shape index (κ3) is 2.61. The molecule has 0 aromatic carbocycles. The van der Waals surface area contributed by atoms with Crippen molar-refractivity contribution in [1.82, 2.24) is 9.47 Å². The molecule has 0 bridgehead atoms. The molecule has 18 heavy (non-hydrogen) atoms. The summed E-state index contributed by atoms with van der Waals surface area (Å²) < 4.78 is 7.03. The van der Waals surface area contributed by atoms with E-state index in [0.717, 1.165) is 0 Å². The molecule has 2 atom stereocenters. The molecule has 1 amide bonds. The maximum Gasteiger partial charge on any atom is 0.254 e. The highest BCUT2D eigenvalue weighted by Gasteiger charge is 2.26. The fourth-order valence-electron chi connectivity index (χ4n) is 2.21. The first-order valence-corrected chi connectivity index (χ1v) is 6.09. The van der Waals surface area contributed by atoms with Crippen LogP contribution in [0.4, 0.5) is 0 Å². The molecule has 0 unspecified atom stereocenters. The van der Waals surface area contributed by atoms with Crippen molar-refractivity contribution >= 4 is 5.91 Å². The molecule has 1 aliphatic heterocycles. The zero-order valence-corrected chi connectivity index (χ0v) is 10.9. The second kappa shape index (κ2) is 4.94. The number of ether oxygens (including phenoxy) is 1. The van der Waals surface area contributed by atoms with Gasteiger partial charge in [0.2, 0.25) is 0 Å². The van der Waals surface area contributed by atoms with Crippen molar-refractivity contribution in [2.75, 3.05) is 13.1 Å². The van der Waals surface area contributed by atoms with Gasteiger partial charge in [-0.2, -0.15) is 0 Å². The van der Waals surface area contributed by atoms with Gasteiger partial charge >= 0.3 is 0 Å². The minimum atomic E-state index is -0.171. The summed E-state index contributed by atoms with van der Waals surface area (Å²) in [6, 6.07) is 3.06. The van der Waals surface area contributed by atoms with Crippen molar-refractivity contribution in [3.63, 3.8) is 0 Å². The van der Waals surface area contributed by atoms with E-state index in [4.69, 9.17) is 4.74 Å². The number of morpholine rings is 1. The Morgan fingerprint density at radius 3 is 2.50 bits per heavy atom. The summed E-state index contributed by atoms with van der Waals surface area (Å²) in [6.45, 7) is 5.02. The molecule has 5 heteroatoms. The average Bonchev–Trinajstić information content (AvgIpc) is 2.30. The Bertz CT molecular complexity index is 499. The molecular formula is C13H18N2O3. The molecule has 0 aliphatic carbocycles. The van der Waals surface area contributed by atoms with Gasteiger partial charge in [-0.15, -0.1) is 0 Å². The third-order valence-corrected chi connectivity index (χ3v) is 3.06. The molecule has 1 saturated heterocycles. The van der Waals surface area contributed by atoms with E-state index in [1.165, 1.54) is 10.6 Å². The molecule has 0 spiro atoms. The Morgan fingerprint density at radius 1 is 1.33 bits per heavy atom. The molecule has 1 fully saturated rings. The number of amides is 1. The number of carbonyl (C=O) groups excluding carboxylic acids is 1. The van der Waals surface area contributed by atoms with Crippen LogP contribution in [0, 0.1) is 0 Å².